The Morgan fingerprint density at radius 2 is 2.03 bits per heavy atom. The molecule has 166 valence electrons. The van der Waals surface area contributed by atoms with E-state index in [4.69, 9.17) is 18.2 Å². The fraction of sp³-hybridized carbons (Fsp3) is 0.0769. The van der Waals surface area contributed by atoms with Gasteiger partial charge in [0.25, 0.3) is 5.91 Å². The lowest BCUT2D eigenvalue weighted by Crippen LogP contribution is -2.23. The van der Waals surface area contributed by atoms with E-state index in [2.05, 4.69) is 25.1 Å². The lowest BCUT2D eigenvalue weighted by Gasteiger charge is -2.09. The van der Waals surface area contributed by atoms with Crippen LogP contribution in [0.15, 0.2) is 67.1 Å². The summed E-state index contributed by atoms with van der Waals surface area (Å²) in [4.78, 5) is 27.7. The number of halogens is 2. The maximum atomic E-state index is 14.4. The van der Waals surface area contributed by atoms with E-state index in [9.17, 15) is 9.18 Å². The van der Waals surface area contributed by atoms with E-state index >= 15 is 0 Å². The third kappa shape index (κ3) is 4.32. The van der Waals surface area contributed by atoms with Crippen LogP contribution in [0.3, 0.4) is 0 Å². The molecule has 0 aliphatic carbocycles. The van der Waals surface area contributed by atoms with Gasteiger partial charge >= 0.3 is 0 Å². The van der Waals surface area contributed by atoms with Crippen LogP contribution < -0.4 is 5.32 Å². The molecule has 0 bridgehead atoms. The van der Waals surface area contributed by atoms with Gasteiger partial charge in [0.1, 0.15) is 5.82 Å². The summed E-state index contributed by atoms with van der Waals surface area (Å²) in [7, 11) is 0. The van der Waals surface area contributed by atoms with E-state index in [1.807, 2.05) is 18.2 Å². The average molecular weight is 470 g/mol. The zero-order valence-electron chi connectivity index (χ0n) is 17.8. The predicted molar refractivity (Wildman–Crippen MR) is 129 cm³/mol. The number of H-pyrrole nitrogens is 1. The molecule has 1 amide bonds. The minimum absolute atomic E-state index is 0.0286. The first-order chi connectivity index (χ1) is 16.5. The standard InChI is InChI=1S/C26H17ClFN5O/c1-29-20-9-17-6-15(2-3-24(17)31-13-20)7-19-8-16(4-5-30-19)26(34)33-12-18-10-21-22(27)14-32-25(21)11-23(18)28/h2-6,8-11,13-14,32H,7,12H2,(H,33,34). The lowest BCUT2D eigenvalue weighted by molar-refractivity contribution is 0.0950. The first-order valence-electron chi connectivity index (χ1n) is 10.4. The number of carbonyl (C=O) groups excluding carboxylic acids is 1. The van der Waals surface area contributed by atoms with Gasteiger partial charge in [-0.2, -0.15) is 0 Å². The molecule has 8 heteroatoms. The highest BCUT2D eigenvalue weighted by Crippen LogP contribution is 2.26. The first kappa shape index (κ1) is 21.6. The molecule has 0 saturated heterocycles. The first-order valence-corrected chi connectivity index (χ1v) is 10.8. The molecule has 0 radical (unpaired) electrons. The van der Waals surface area contributed by atoms with Crippen LogP contribution in [0.4, 0.5) is 10.1 Å². The topological polar surface area (TPSA) is 75.0 Å². The highest BCUT2D eigenvalue weighted by atomic mass is 35.5. The minimum atomic E-state index is -0.422. The van der Waals surface area contributed by atoms with Gasteiger partial charge in [-0.3, -0.25) is 14.8 Å². The number of amides is 1. The third-order valence-corrected chi connectivity index (χ3v) is 5.87. The summed E-state index contributed by atoms with van der Waals surface area (Å²) in [5, 5.41) is 4.84. The number of nitrogens with one attached hydrogen (secondary N) is 2. The molecule has 5 rings (SSSR count). The van der Waals surface area contributed by atoms with E-state index in [-0.39, 0.29) is 12.5 Å². The molecule has 5 aromatic rings. The minimum Gasteiger partial charge on any atom is -0.360 e. The zero-order chi connectivity index (χ0) is 23.7. The number of hydrogen-bond donors (Lipinski definition) is 2. The van der Waals surface area contributed by atoms with Crippen molar-refractivity contribution in [3.63, 3.8) is 0 Å². The summed E-state index contributed by atoms with van der Waals surface area (Å²) in [6.07, 6.45) is 5.24. The quantitative estimate of drug-likeness (QED) is 0.311. The fourth-order valence-corrected chi connectivity index (χ4v) is 4.04. The van der Waals surface area contributed by atoms with Crippen LogP contribution >= 0.6 is 11.6 Å². The van der Waals surface area contributed by atoms with Gasteiger partial charge in [-0.05, 0) is 47.3 Å². The van der Waals surface area contributed by atoms with Crippen LogP contribution in [0.1, 0.15) is 27.2 Å². The molecule has 0 aliphatic rings. The molecule has 2 aromatic carbocycles. The number of nitrogens with zero attached hydrogens (tertiary/aromatic N) is 3. The summed E-state index contributed by atoms with van der Waals surface area (Å²) < 4.78 is 14.4. The molecular formula is C26H17ClFN5O. The van der Waals surface area contributed by atoms with Gasteiger partial charge in [0, 0.05) is 59.3 Å². The molecule has 0 saturated carbocycles. The second-order valence-electron chi connectivity index (χ2n) is 7.85. The van der Waals surface area contributed by atoms with E-state index in [1.165, 1.54) is 6.07 Å². The number of carbonyl (C=O) groups is 1. The van der Waals surface area contributed by atoms with Gasteiger partial charge < -0.3 is 10.3 Å². The Bertz CT molecular complexity index is 1600. The number of aromatic nitrogens is 3. The number of hydrogen-bond acceptors (Lipinski definition) is 3. The number of rotatable bonds is 5. The van der Waals surface area contributed by atoms with Crippen molar-refractivity contribution in [3.8, 4) is 0 Å². The van der Waals surface area contributed by atoms with Crippen LogP contribution in [0.2, 0.25) is 5.02 Å². The van der Waals surface area contributed by atoms with Crippen LogP contribution in [-0.2, 0) is 13.0 Å². The fourth-order valence-electron chi connectivity index (χ4n) is 3.83. The van der Waals surface area contributed by atoms with E-state index < -0.39 is 5.82 Å². The van der Waals surface area contributed by atoms with Gasteiger partial charge in [-0.1, -0.05) is 23.7 Å². The monoisotopic (exact) mass is 469 g/mol. The Morgan fingerprint density at radius 3 is 2.88 bits per heavy atom. The molecule has 0 fully saturated rings. The van der Waals surface area contributed by atoms with Crippen molar-refractivity contribution in [3.05, 3.63) is 112 Å². The normalized spacial score (nSPS) is 11.0. The molecule has 3 heterocycles. The van der Waals surface area contributed by atoms with Crippen molar-refractivity contribution in [1.29, 1.82) is 0 Å². The Kier molecular flexibility index (Phi) is 5.66. The highest BCUT2D eigenvalue weighted by Gasteiger charge is 2.12. The van der Waals surface area contributed by atoms with Gasteiger partial charge in [0.05, 0.1) is 17.1 Å². The van der Waals surface area contributed by atoms with Crippen LogP contribution in [-0.4, -0.2) is 20.9 Å². The number of pyridine rings is 2. The van der Waals surface area contributed by atoms with Gasteiger partial charge in [-0.25, -0.2) is 9.24 Å². The summed E-state index contributed by atoms with van der Waals surface area (Å²) in [6.45, 7) is 7.19. The molecule has 3 aromatic heterocycles. The van der Waals surface area contributed by atoms with Gasteiger partial charge in [0.15, 0.2) is 0 Å². The van der Waals surface area contributed by atoms with Crippen molar-refractivity contribution >= 4 is 45.0 Å². The third-order valence-electron chi connectivity index (χ3n) is 5.56. The molecular weight excluding hydrogens is 453 g/mol. The molecule has 0 aliphatic heterocycles. The maximum absolute atomic E-state index is 14.4. The summed E-state index contributed by atoms with van der Waals surface area (Å²) in [5.41, 5.74) is 4.38. The Balaban J connectivity index is 1.31. The molecule has 2 N–H and O–H groups in total. The van der Waals surface area contributed by atoms with Crippen LogP contribution in [0, 0.1) is 12.4 Å². The van der Waals surface area contributed by atoms with Crippen molar-refractivity contribution in [2.75, 3.05) is 0 Å². The molecule has 34 heavy (non-hydrogen) atoms. The molecule has 0 spiro atoms. The van der Waals surface area contributed by atoms with Crippen molar-refractivity contribution in [1.82, 2.24) is 20.3 Å². The van der Waals surface area contributed by atoms with Crippen LogP contribution in [0.25, 0.3) is 26.7 Å². The highest BCUT2D eigenvalue weighted by molar-refractivity contribution is 6.35. The van der Waals surface area contributed by atoms with Gasteiger partial charge in [-0.15, -0.1) is 0 Å². The lowest BCUT2D eigenvalue weighted by atomic mass is 10.0. The second kappa shape index (κ2) is 8.93. The van der Waals surface area contributed by atoms with Crippen LogP contribution in [0.5, 0.6) is 0 Å². The Labute approximate surface area is 199 Å². The smallest absolute Gasteiger partial charge is 0.251 e. The Morgan fingerprint density at radius 1 is 1.15 bits per heavy atom. The second-order valence-corrected chi connectivity index (χ2v) is 8.26. The number of benzene rings is 2. The van der Waals surface area contributed by atoms with E-state index in [0.717, 1.165) is 16.5 Å². The largest absolute Gasteiger partial charge is 0.360 e. The SMILES string of the molecule is [C-]#[N+]c1cnc2ccc(Cc3cc(C(=O)NCc4cc5c(Cl)c[nH]c5cc4F)ccn3)cc2c1. The summed E-state index contributed by atoms with van der Waals surface area (Å²) in [5.74, 6) is -0.748. The predicted octanol–water partition coefficient (Wildman–Crippen LogP) is 5.98. The summed E-state index contributed by atoms with van der Waals surface area (Å²) in [6, 6.07) is 14.0. The molecule has 0 atom stereocenters. The average Bonchev–Trinajstić information content (AvgIpc) is 3.21. The summed E-state index contributed by atoms with van der Waals surface area (Å²) >= 11 is 6.12. The van der Waals surface area contributed by atoms with Crippen molar-refractivity contribution < 1.29 is 9.18 Å². The van der Waals surface area contributed by atoms with Crippen molar-refractivity contribution in [2.45, 2.75) is 13.0 Å². The Hall–Kier alpha value is -4.28. The van der Waals surface area contributed by atoms with Crippen molar-refractivity contribution in [2.24, 2.45) is 0 Å². The number of aromatic amines is 1. The molecule has 6 nitrogen and oxygen atoms in total. The molecule has 0 unspecified atom stereocenters. The van der Waals surface area contributed by atoms with E-state index in [1.54, 1.807) is 42.9 Å². The zero-order valence-corrected chi connectivity index (χ0v) is 18.5. The maximum Gasteiger partial charge on any atom is 0.251 e. The number of fused-ring (bicyclic) bond motifs is 2. The van der Waals surface area contributed by atoms with E-state index in [0.29, 0.717) is 44.9 Å². The van der Waals surface area contributed by atoms with Gasteiger partial charge in [0.2, 0.25) is 5.69 Å².